The van der Waals surface area contributed by atoms with Crippen LogP contribution in [0.2, 0.25) is 0 Å². The van der Waals surface area contributed by atoms with E-state index in [1.807, 2.05) is 53.4 Å². The van der Waals surface area contributed by atoms with Gasteiger partial charge in [-0.25, -0.2) is 4.98 Å². The Balaban J connectivity index is 1.25. The number of nitrogens with two attached hydrogens (primary N) is 1. The number of nitrogens with zero attached hydrogens (tertiary/aromatic N) is 4. The lowest BCUT2D eigenvalue weighted by Crippen LogP contribution is -2.18. The predicted molar refractivity (Wildman–Crippen MR) is 123 cm³/mol. The number of carbonyl (C=O) groups is 1. The van der Waals surface area contributed by atoms with Crippen LogP contribution in [0.25, 0.3) is 11.3 Å². The van der Waals surface area contributed by atoms with Crippen LogP contribution in [-0.2, 0) is 24.2 Å². The summed E-state index contributed by atoms with van der Waals surface area (Å²) in [6, 6.07) is 7.58. The molecule has 0 saturated carbocycles. The number of aryl methyl sites for hydroxylation is 2. The molecule has 2 aromatic heterocycles. The third-order valence-electron chi connectivity index (χ3n) is 5.65. The van der Waals surface area contributed by atoms with E-state index >= 15 is 0 Å². The van der Waals surface area contributed by atoms with E-state index in [1.165, 1.54) is 17.7 Å². The number of rotatable bonds is 5. The minimum absolute atomic E-state index is 0.104. The molecular formula is C23H24N6OS. The molecule has 8 heteroatoms. The summed E-state index contributed by atoms with van der Waals surface area (Å²) in [5.41, 5.74) is 10.1. The summed E-state index contributed by atoms with van der Waals surface area (Å²) in [5.74, 6) is 0.0735. The van der Waals surface area contributed by atoms with Crippen LogP contribution in [0.3, 0.4) is 0 Å². The molecule has 0 bridgehead atoms. The Morgan fingerprint density at radius 2 is 2.06 bits per heavy atom. The number of hydrogen-bond acceptors (Lipinski definition) is 6. The number of thiazole rings is 1. The molecule has 0 saturated heterocycles. The van der Waals surface area contributed by atoms with Gasteiger partial charge in [0.05, 0.1) is 11.9 Å². The zero-order valence-corrected chi connectivity index (χ0v) is 17.9. The second kappa shape index (κ2) is 8.47. The van der Waals surface area contributed by atoms with Crippen molar-refractivity contribution in [3.05, 3.63) is 64.8 Å². The van der Waals surface area contributed by atoms with Gasteiger partial charge in [-0.05, 0) is 44.2 Å². The van der Waals surface area contributed by atoms with Gasteiger partial charge in [-0.15, -0.1) is 16.4 Å². The first-order valence-corrected chi connectivity index (χ1v) is 11.4. The number of fused-ring (bicyclic) bond motifs is 1. The second-order valence-electron chi connectivity index (χ2n) is 8.02. The van der Waals surface area contributed by atoms with Crippen molar-refractivity contribution in [2.75, 3.05) is 11.1 Å². The first-order valence-electron chi connectivity index (χ1n) is 10.6. The lowest BCUT2D eigenvalue weighted by atomic mass is 9.96. The van der Waals surface area contributed by atoms with Gasteiger partial charge in [0.15, 0.2) is 5.13 Å². The summed E-state index contributed by atoms with van der Waals surface area (Å²) >= 11 is 1.61. The molecule has 0 aliphatic heterocycles. The number of allylic oxidation sites excluding steroid dienone is 2. The van der Waals surface area contributed by atoms with Crippen LogP contribution in [0.5, 0.6) is 0 Å². The van der Waals surface area contributed by atoms with Crippen LogP contribution in [0.4, 0.5) is 10.8 Å². The van der Waals surface area contributed by atoms with Crippen molar-refractivity contribution in [3.8, 4) is 11.3 Å². The molecule has 1 unspecified atom stereocenters. The molecule has 1 aromatic carbocycles. The molecule has 3 N–H and O–H groups in total. The van der Waals surface area contributed by atoms with E-state index in [0.717, 1.165) is 41.9 Å². The number of benzene rings is 1. The summed E-state index contributed by atoms with van der Waals surface area (Å²) in [5, 5.41) is 12.2. The number of hydrogen-bond donors (Lipinski definition) is 2. The molecule has 3 aromatic rings. The predicted octanol–water partition coefficient (Wildman–Crippen LogP) is 4.00. The summed E-state index contributed by atoms with van der Waals surface area (Å²) in [6.07, 6.45) is 13.2. The number of nitrogens with one attached hydrogen (secondary N) is 1. The van der Waals surface area contributed by atoms with Crippen molar-refractivity contribution in [1.82, 2.24) is 20.0 Å². The number of carbonyl (C=O) groups excluding carboxylic acids is 1. The third kappa shape index (κ3) is 4.44. The highest BCUT2D eigenvalue weighted by atomic mass is 32.1. The van der Waals surface area contributed by atoms with Gasteiger partial charge in [-0.2, -0.15) is 0 Å². The molecule has 158 valence electrons. The highest BCUT2D eigenvalue weighted by Crippen LogP contribution is 2.30. The van der Waals surface area contributed by atoms with E-state index in [4.69, 9.17) is 5.73 Å². The minimum atomic E-state index is -0.104. The van der Waals surface area contributed by atoms with E-state index in [1.54, 1.807) is 11.3 Å². The van der Waals surface area contributed by atoms with Gasteiger partial charge in [0.25, 0.3) is 5.91 Å². The largest absolute Gasteiger partial charge is 0.399 e. The fraction of sp³-hybridized carbons (Fsp3) is 0.304. The average Bonchev–Trinajstić information content (AvgIpc) is 3.41. The average molecular weight is 433 g/mol. The monoisotopic (exact) mass is 432 g/mol. The highest BCUT2D eigenvalue weighted by Gasteiger charge is 2.19. The quantitative estimate of drug-likeness (QED) is 0.594. The van der Waals surface area contributed by atoms with Crippen LogP contribution in [0.1, 0.15) is 29.8 Å². The molecule has 2 aliphatic rings. The van der Waals surface area contributed by atoms with Crippen LogP contribution in [-0.4, -0.2) is 25.9 Å². The van der Waals surface area contributed by atoms with Crippen LogP contribution < -0.4 is 11.1 Å². The van der Waals surface area contributed by atoms with Gasteiger partial charge in [0, 0.05) is 34.2 Å². The van der Waals surface area contributed by atoms with Crippen molar-refractivity contribution in [2.45, 2.75) is 38.6 Å². The first kappa shape index (κ1) is 19.7. The molecule has 0 fully saturated rings. The van der Waals surface area contributed by atoms with E-state index in [9.17, 15) is 4.79 Å². The van der Waals surface area contributed by atoms with Crippen molar-refractivity contribution < 1.29 is 4.79 Å². The Labute approximate surface area is 184 Å². The minimum Gasteiger partial charge on any atom is -0.399 e. The molecule has 1 atom stereocenters. The molecule has 7 nitrogen and oxygen atoms in total. The summed E-state index contributed by atoms with van der Waals surface area (Å²) in [4.78, 5) is 18.7. The van der Waals surface area contributed by atoms with Crippen molar-refractivity contribution in [1.29, 1.82) is 0 Å². The van der Waals surface area contributed by atoms with Crippen molar-refractivity contribution in [2.24, 2.45) is 5.92 Å². The van der Waals surface area contributed by atoms with Gasteiger partial charge < -0.3 is 5.73 Å². The topological polar surface area (TPSA) is 98.7 Å². The summed E-state index contributed by atoms with van der Waals surface area (Å²) < 4.78 is 1.83. The zero-order chi connectivity index (χ0) is 21.2. The van der Waals surface area contributed by atoms with Gasteiger partial charge in [0.1, 0.15) is 5.69 Å². The molecule has 0 radical (unpaired) electrons. The molecule has 5 rings (SSSR count). The molecule has 1 amide bonds. The molecule has 31 heavy (non-hydrogen) atoms. The van der Waals surface area contributed by atoms with Crippen LogP contribution in [0.15, 0.2) is 54.3 Å². The lowest BCUT2D eigenvalue weighted by molar-refractivity contribution is -0.112. The Hall–Kier alpha value is -3.26. The number of amides is 1. The SMILES string of the molecule is Nc1ccc(-c2cn(CC3C=C(C(=O)Nc4nc5c(s4)CCCC5)C=CC3)nn2)cc1. The Kier molecular flexibility index (Phi) is 5.38. The Bertz CT molecular complexity index is 1130. The maximum atomic E-state index is 12.8. The van der Waals surface area contributed by atoms with Crippen molar-refractivity contribution in [3.63, 3.8) is 0 Å². The third-order valence-corrected chi connectivity index (χ3v) is 6.72. The van der Waals surface area contributed by atoms with Crippen LogP contribution in [0, 0.1) is 5.92 Å². The molecule has 2 heterocycles. The van der Waals surface area contributed by atoms with E-state index < -0.39 is 0 Å². The van der Waals surface area contributed by atoms with Crippen LogP contribution >= 0.6 is 11.3 Å². The second-order valence-corrected chi connectivity index (χ2v) is 9.10. The number of nitrogen functional groups attached to an aromatic ring is 1. The maximum Gasteiger partial charge on any atom is 0.257 e. The van der Waals surface area contributed by atoms with Crippen molar-refractivity contribution >= 4 is 28.1 Å². The van der Waals surface area contributed by atoms with E-state index in [0.29, 0.717) is 17.2 Å². The van der Waals surface area contributed by atoms with Gasteiger partial charge >= 0.3 is 0 Å². The number of anilines is 2. The maximum absolute atomic E-state index is 12.8. The zero-order valence-electron chi connectivity index (χ0n) is 17.1. The fourth-order valence-electron chi connectivity index (χ4n) is 4.01. The number of aromatic nitrogens is 4. The van der Waals surface area contributed by atoms with Gasteiger partial charge in [0.2, 0.25) is 0 Å². The molecule has 0 spiro atoms. The van der Waals surface area contributed by atoms with Gasteiger partial charge in [-0.1, -0.05) is 35.6 Å². The lowest BCUT2D eigenvalue weighted by Gasteiger charge is -2.16. The molecule has 2 aliphatic carbocycles. The Morgan fingerprint density at radius 3 is 2.90 bits per heavy atom. The van der Waals surface area contributed by atoms with Gasteiger partial charge in [-0.3, -0.25) is 14.8 Å². The Morgan fingerprint density at radius 1 is 1.23 bits per heavy atom. The van der Waals surface area contributed by atoms with E-state index in [2.05, 4.69) is 20.6 Å². The summed E-state index contributed by atoms with van der Waals surface area (Å²) in [7, 11) is 0. The van der Waals surface area contributed by atoms with E-state index in [-0.39, 0.29) is 11.8 Å². The normalized spacial score (nSPS) is 17.8. The summed E-state index contributed by atoms with van der Waals surface area (Å²) in [6.45, 7) is 0.661. The first-order chi connectivity index (χ1) is 15.1. The molecular weight excluding hydrogens is 408 g/mol. The highest BCUT2D eigenvalue weighted by molar-refractivity contribution is 7.15. The smallest absolute Gasteiger partial charge is 0.257 e. The fourth-order valence-corrected chi connectivity index (χ4v) is 5.06. The standard InChI is InChI=1S/C23H24N6OS/c24-18-10-8-16(9-11-18)20-14-29(28-27-20)13-15-4-3-5-17(12-15)22(30)26-23-25-19-6-1-2-7-21(19)31-23/h3,5,8-12,14-15H,1-2,4,6-7,13,24H2,(H,25,26,30).